The van der Waals surface area contributed by atoms with E-state index in [4.69, 9.17) is 10.5 Å². The van der Waals surface area contributed by atoms with Gasteiger partial charge < -0.3 is 15.8 Å². The van der Waals surface area contributed by atoms with Gasteiger partial charge in [0.15, 0.2) is 0 Å². The van der Waals surface area contributed by atoms with Crippen LogP contribution >= 0.6 is 24.8 Å². The molecule has 2 heterocycles. The fourth-order valence-electron chi connectivity index (χ4n) is 3.51. The van der Waals surface area contributed by atoms with Gasteiger partial charge in [-0.05, 0) is 61.6 Å². The van der Waals surface area contributed by atoms with E-state index < -0.39 is 0 Å². The molecule has 29 heavy (non-hydrogen) atoms. The van der Waals surface area contributed by atoms with Crippen LogP contribution in [0.5, 0.6) is 0 Å². The van der Waals surface area contributed by atoms with Crippen LogP contribution in [-0.4, -0.2) is 30.8 Å². The zero-order valence-corrected chi connectivity index (χ0v) is 18.3. The van der Waals surface area contributed by atoms with E-state index in [1.165, 1.54) is 12.1 Å². The summed E-state index contributed by atoms with van der Waals surface area (Å²) in [5, 5.41) is 3.42. The van der Waals surface area contributed by atoms with Crippen LogP contribution in [0.1, 0.15) is 29.7 Å². The zero-order valence-electron chi connectivity index (χ0n) is 16.6. The van der Waals surface area contributed by atoms with E-state index in [0.717, 1.165) is 55.8 Å². The van der Waals surface area contributed by atoms with Crippen LogP contribution in [0.15, 0.2) is 42.5 Å². The topological polar surface area (TPSA) is 60.2 Å². The van der Waals surface area contributed by atoms with Crippen molar-refractivity contribution in [3.63, 3.8) is 0 Å². The minimum absolute atomic E-state index is 0. The lowest BCUT2D eigenvalue weighted by molar-refractivity contribution is 0.0367. The molecule has 0 bridgehead atoms. The van der Waals surface area contributed by atoms with Gasteiger partial charge in [-0.15, -0.1) is 24.8 Å². The van der Waals surface area contributed by atoms with Crippen LogP contribution < -0.4 is 11.1 Å². The van der Waals surface area contributed by atoms with Crippen LogP contribution in [0.25, 0.3) is 6.08 Å². The molecular weight excluding hydrogens is 412 g/mol. The van der Waals surface area contributed by atoms with Crippen molar-refractivity contribution in [1.82, 2.24) is 10.3 Å². The van der Waals surface area contributed by atoms with Gasteiger partial charge in [-0.2, -0.15) is 0 Å². The number of aromatic nitrogens is 1. The first-order valence-electron chi connectivity index (χ1n) is 9.57. The lowest BCUT2D eigenvalue weighted by atomic mass is 9.99. The highest BCUT2D eigenvalue weighted by molar-refractivity contribution is 5.85. The van der Waals surface area contributed by atoms with Crippen molar-refractivity contribution in [3.8, 4) is 0 Å². The van der Waals surface area contributed by atoms with Crippen molar-refractivity contribution in [2.45, 2.75) is 32.3 Å². The molecule has 1 aliphatic rings. The second kappa shape index (κ2) is 12.8. The van der Waals surface area contributed by atoms with Gasteiger partial charge in [0.2, 0.25) is 0 Å². The maximum Gasteiger partial charge on any atom is 0.123 e. The molecule has 7 heteroatoms. The number of ether oxygens (including phenoxy) is 1. The molecule has 0 radical (unpaired) electrons. The van der Waals surface area contributed by atoms with Gasteiger partial charge in [0.1, 0.15) is 11.6 Å². The SMILES string of the molecule is Cc1cc(N)nc(C[C@H]2CNC[C@H]2OCCC/C=C/c2cccc(F)c2)c1.Cl.Cl. The number of nitrogens with one attached hydrogen (secondary N) is 1. The van der Waals surface area contributed by atoms with Crippen molar-refractivity contribution < 1.29 is 9.13 Å². The molecule has 160 valence electrons. The predicted octanol–water partition coefficient (Wildman–Crippen LogP) is 4.60. The normalized spacial score (nSPS) is 18.4. The summed E-state index contributed by atoms with van der Waals surface area (Å²) < 4.78 is 19.2. The number of pyridine rings is 1. The number of nitrogens with two attached hydrogens (primary N) is 1. The Balaban J connectivity index is 0.00000210. The summed E-state index contributed by atoms with van der Waals surface area (Å²) in [6.07, 6.45) is 6.98. The molecular formula is C22H30Cl2FN3O. The van der Waals surface area contributed by atoms with Crippen molar-refractivity contribution in [2.24, 2.45) is 5.92 Å². The average Bonchev–Trinajstić information content (AvgIpc) is 3.04. The third-order valence-corrected chi connectivity index (χ3v) is 4.80. The smallest absolute Gasteiger partial charge is 0.123 e. The number of unbranched alkanes of at least 4 members (excludes halogenated alkanes) is 1. The van der Waals surface area contributed by atoms with Crippen LogP contribution in [0.4, 0.5) is 10.2 Å². The summed E-state index contributed by atoms with van der Waals surface area (Å²) in [5.41, 5.74) is 8.93. The standard InChI is InChI=1S/C22H28FN3O.2ClH/c1-16-10-20(26-22(24)11-16)13-18-14-25-15-21(18)27-9-4-2-3-6-17-7-5-8-19(23)12-17;;/h3,5-8,10-12,18,21,25H,2,4,9,13-15H2,1H3,(H2,24,26);2*1H/b6-3+;;/t18-,21+;;/m0../s1. The fourth-order valence-corrected chi connectivity index (χ4v) is 3.51. The highest BCUT2D eigenvalue weighted by Gasteiger charge is 2.28. The summed E-state index contributed by atoms with van der Waals surface area (Å²) in [4.78, 5) is 4.45. The Bertz CT molecular complexity index is 768. The van der Waals surface area contributed by atoms with E-state index >= 15 is 0 Å². The largest absolute Gasteiger partial charge is 0.384 e. The molecule has 0 saturated carbocycles. The van der Waals surface area contributed by atoms with Crippen LogP contribution in [0.2, 0.25) is 0 Å². The number of nitrogens with zero attached hydrogens (tertiary/aromatic N) is 1. The minimum Gasteiger partial charge on any atom is -0.384 e. The van der Waals surface area contributed by atoms with E-state index in [2.05, 4.69) is 22.4 Å². The van der Waals surface area contributed by atoms with Gasteiger partial charge in [-0.3, -0.25) is 0 Å². The first-order valence-corrected chi connectivity index (χ1v) is 9.57. The Kier molecular flexibility index (Phi) is 11.2. The van der Waals surface area contributed by atoms with E-state index in [9.17, 15) is 4.39 Å². The summed E-state index contributed by atoms with van der Waals surface area (Å²) in [6.45, 7) is 4.59. The number of aryl methyl sites for hydroxylation is 1. The van der Waals surface area contributed by atoms with Gasteiger partial charge in [0, 0.05) is 31.3 Å². The Hall–Kier alpha value is -1.66. The van der Waals surface area contributed by atoms with E-state index in [1.54, 1.807) is 6.07 Å². The number of benzene rings is 1. The quantitative estimate of drug-likeness (QED) is 0.587. The van der Waals surface area contributed by atoms with E-state index in [-0.39, 0.29) is 36.7 Å². The first kappa shape index (κ1) is 25.4. The predicted molar refractivity (Wildman–Crippen MR) is 122 cm³/mol. The zero-order chi connectivity index (χ0) is 19.1. The minimum atomic E-state index is -0.204. The lowest BCUT2D eigenvalue weighted by Gasteiger charge is -2.19. The van der Waals surface area contributed by atoms with Crippen molar-refractivity contribution in [2.75, 3.05) is 25.4 Å². The summed E-state index contributed by atoms with van der Waals surface area (Å²) >= 11 is 0. The van der Waals surface area contributed by atoms with Crippen LogP contribution in [0, 0.1) is 18.7 Å². The van der Waals surface area contributed by atoms with Gasteiger partial charge in [-0.1, -0.05) is 24.3 Å². The van der Waals surface area contributed by atoms with Crippen molar-refractivity contribution in [1.29, 1.82) is 0 Å². The Morgan fingerprint density at radius 3 is 2.83 bits per heavy atom. The van der Waals surface area contributed by atoms with E-state index in [1.807, 2.05) is 25.1 Å². The molecule has 1 fully saturated rings. The molecule has 3 N–H and O–H groups in total. The Labute approximate surface area is 185 Å². The number of anilines is 1. The molecule has 3 rings (SSSR count). The maximum atomic E-state index is 13.1. The van der Waals surface area contributed by atoms with Gasteiger partial charge in [0.25, 0.3) is 0 Å². The van der Waals surface area contributed by atoms with Crippen molar-refractivity contribution in [3.05, 3.63) is 65.1 Å². The number of hydrogen-bond donors (Lipinski definition) is 2. The third-order valence-electron chi connectivity index (χ3n) is 4.80. The van der Waals surface area contributed by atoms with Crippen LogP contribution in [-0.2, 0) is 11.2 Å². The Morgan fingerprint density at radius 2 is 2.07 bits per heavy atom. The summed E-state index contributed by atoms with van der Waals surface area (Å²) in [5.74, 6) is 0.796. The second-order valence-corrected chi connectivity index (χ2v) is 7.19. The third kappa shape index (κ3) is 8.31. The van der Waals surface area contributed by atoms with Crippen molar-refractivity contribution >= 4 is 36.7 Å². The molecule has 2 aromatic rings. The molecule has 2 atom stereocenters. The molecule has 0 aliphatic carbocycles. The second-order valence-electron chi connectivity index (χ2n) is 7.19. The molecule has 4 nitrogen and oxygen atoms in total. The molecule has 1 aromatic carbocycles. The maximum absolute atomic E-state index is 13.1. The summed E-state index contributed by atoms with van der Waals surface area (Å²) in [6, 6.07) is 10.6. The molecule has 1 aliphatic heterocycles. The Morgan fingerprint density at radius 1 is 1.24 bits per heavy atom. The van der Waals surface area contributed by atoms with E-state index in [0.29, 0.717) is 11.7 Å². The van der Waals surface area contributed by atoms with Gasteiger partial charge in [0.05, 0.1) is 6.10 Å². The molecule has 0 spiro atoms. The summed E-state index contributed by atoms with van der Waals surface area (Å²) in [7, 11) is 0. The molecule has 0 amide bonds. The molecule has 1 aromatic heterocycles. The number of nitrogen functional groups attached to an aromatic ring is 1. The fraction of sp³-hybridized carbons (Fsp3) is 0.409. The average molecular weight is 442 g/mol. The lowest BCUT2D eigenvalue weighted by Crippen LogP contribution is -2.25. The number of rotatable bonds is 8. The number of hydrogen-bond acceptors (Lipinski definition) is 4. The highest BCUT2D eigenvalue weighted by atomic mass is 35.5. The van der Waals surface area contributed by atoms with Crippen LogP contribution in [0.3, 0.4) is 0 Å². The highest BCUT2D eigenvalue weighted by Crippen LogP contribution is 2.19. The number of halogens is 3. The molecule has 1 saturated heterocycles. The van der Waals surface area contributed by atoms with Gasteiger partial charge in [-0.25, -0.2) is 9.37 Å². The number of allylic oxidation sites excluding steroid dienone is 1. The monoisotopic (exact) mass is 441 g/mol. The van der Waals surface area contributed by atoms with Gasteiger partial charge >= 0.3 is 0 Å². The molecule has 0 unspecified atom stereocenters. The first-order chi connectivity index (χ1) is 13.1.